The second kappa shape index (κ2) is 6.55. The number of nitrogens with zero attached hydrogens (tertiary/aromatic N) is 2. The van der Waals surface area contributed by atoms with Gasteiger partial charge >= 0.3 is 0 Å². The van der Waals surface area contributed by atoms with Gasteiger partial charge in [-0.1, -0.05) is 6.92 Å². The third-order valence-corrected chi connectivity index (χ3v) is 3.64. The zero-order valence-electron chi connectivity index (χ0n) is 10.5. The van der Waals surface area contributed by atoms with Crippen molar-refractivity contribution in [1.29, 1.82) is 0 Å². The molecule has 2 fully saturated rings. The molecule has 2 saturated heterocycles. The van der Waals surface area contributed by atoms with Gasteiger partial charge in [0, 0.05) is 19.1 Å². The van der Waals surface area contributed by atoms with Gasteiger partial charge in [0.2, 0.25) is 0 Å². The molecule has 0 aromatic rings. The summed E-state index contributed by atoms with van der Waals surface area (Å²) in [6.45, 7) is 9.81. The molecule has 0 radical (unpaired) electrons. The first-order chi connectivity index (χ1) is 7.88. The van der Waals surface area contributed by atoms with Gasteiger partial charge in [0.15, 0.2) is 0 Å². The Morgan fingerprint density at radius 2 is 1.94 bits per heavy atom. The summed E-state index contributed by atoms with van der Waals surface area (Å²) in [7, 11) is 0. The van der Waals surface area contributed by atoms with Crippen molar-refractivity contribution in [2.24, 2.45) is 0 Å². The predicted molar refractivity (Wildman–Crippen MR) is 65.3 cm³/mol. The normalized spacial score (nSPS) is 30.2. The minimum atomic E-state index is 0.676. The van der Waals surface area contributed by atoms with Crippen molar-refractivity contribution in [2.75, 3.05) is 45.9 Å². The third-order valence-electron chi connectivity index (χ3n) is 3.64. The van der Waals surface area contributed by atoms with E-state index in [1.165, 1.54) is 38.9 Å². The molecule has 94 valence electrons. The fourth-order valence-corrected chi connectivity index (χ4v) is 2.55. The molecule has 0 spiro atoms. The highest BCUT2D eigenvalue weighted by Crippen LogP contribution is 2.11. The van der Waals surface area contributed by atoms with Crippen molar-refractivity contribution in [3.63, 3.8) is 0 Å². The number of hydrazine groups is 1. The van der Waals surface area contributed by atoms with Crippen LogP contribution in [0.25, 0.3) is 0 Å². The summed E-state index contributed by atoms with van der Waals surface area (Å²) in [5.74, 6) is 0. The zero-order chi connectivity index (χ0) is 11.2. The SMILES string of the molecule is CCN1CCCC(NN2CCOCC2)CC1. The Hall–Kier alpha value is -0.160. The summed E-state index contributed by atoms with van der Waals surface area (Å²) >= 11 is 0. The van der Waals surface area contributed by atoms with Crippen molar-refractivity contribution < 1.29 is 4.74 Å². The Morgan fingerprint density at radius 3 is 2.69 bits per heavy atom. The average molecular weight is 227 g/mol. The second-order valence-corrected chi connectivity index (χ2v) is 4.79. The van der Waals surface area contributed by atoms with E-state index in [1.54, 1.807) is 0 Å². The number of ether oxygens (including phenoxy) is 1. The van der Waals surface area contributed by atoms with E-state index < -0.39 is 0 Å². The fourth-order valence-electron chi connectivity index (χ4n) is 2.55. The largest absolute Gasteiger partial charge is 0.379 e. The summed E-state index contributed by atoms with van der Waals surface area (Å²) in [5.41, 5.74) is 3.67. The molecular weight excluding hydrogens is 202 g/mol. The molecule has 0 aliphatic carbocycles. The van der Waals surface area contributed by atoms with E-state index in [1.807, 2.05) is 0 Å². The zero-order valence-corrected chi connectivity index (χ0v) is 10.5. The molecule has 2 heterocycles. The number of hydrogen-bond acceptors (Lipinski definition) is 4. The molecular formula is C12H25N3O. The number of morpholine rings is 1. The highest BCUT2D eigenvalue weighted by atomic mass is 16.5. The van der Waals surface area contributed by atoms with Crippen LogP contribution in [0.3, 0.4) is 0 Å². The molecule has 4 nitrogen and oxygen atoms in total. The third kappa shape index (κ3) is 3.70. The Kier molecular flexibility index (Phi) is 5.03. The summed E-state index contributed by atoms with van der Waals surface area (Å²) < 4.78 is 5.36. The smallest absolute Gasteiger partial charge is 0.0608 e. The Labute approximate surface area is 98.9 Å². The van der Waals surface area contributed by atoms with Crippen LogP contribution in [-0.2, 0) is 4.74 Å². The first-order valence-corrected chi connectivity index (χ1v) is 6.69. The fraction of sp³-hybridized carbons (Fsp3) is 1.00. The van der Waals surface area contributed by atoms with Crippen LogP contribution in [0.15, 0.2) is 0 Å². The highest BCUT2D eigenvalue weighted by molar-refractivity contribution is 4.74. The summed E-state index contributed by atoms with van der Waals surface area (Å²) in [6.07, 6.45) is 3.93. The molecule has 0 amide bonds. The minimum absolute atomic E-state index is 0.676. The first kappa shape index (κ1) is 12.3. The molecule has 2 aliphatic heterocycles. The Morgan fingerprint density at radius 1 is 1.12 bits per heavy atom. The predicted octanol–water partition coefficient (Wildman–Crippen LogP) is 0.698. The molecule has 0 saturated carbocycles. The van der Waals surface area contributed by atoms with E-state index in [0.29, 0.717) is 6.04 Å². The standard InChI is InChI=1S/C12H25N3O/c1-2-14-6-3-4-12(5-7-14)13-15-8-10-16-11-9-15/h12-13H,2-11H2,1H3. The molecule has 0 aromatic heterocycles. The lowest BCUT2D eigenvalue weighted by molar-refractivity contribution is 0.00239. The van der Waals surface area contributed by atoms with Gasteiger partial charge < -0.3 is 9.64 Å². The van der Waals surface area contributed by atoms with E-state index in [4.69, 9.17) is 4.74 Å². The van der Waals surface area contributed by atoms with Gasteiger partial charge in [-0.15, -0.1) is 0 Å². The van der Waals surface area contributed by atoms with E-state index in [9.17, 15) is 0 Å². The Balaban J connectivity index is 1.72. The number of likely N-dealkylation sites (tertiary alicyclic amines) is 1. The maximum absolute atomic E-state index is 5.36. The monoisotopic (exact) mass is 227 g/mol. The van der Waals surface area contributed by atoms with Crippen LogP contribution in [0.5, 0.6) is 0 Å². The van der Waals surface area contributed by atoms with Crippen LogP contribution in [0.4, 0.5) is 0 Å². The van der Waals surface area contributed by atoms with Gasteiger partial charge in [-0.3, -0.25) is 5.43 Å². The average Bonchev–Trinajstić information content (AvgIpc) is 2.56. The van der Waals surface area contributed by atoms with Crippen LogP contribution in [0, 0.1) is 0 Å². The summed E-state index contributed by atoms with van der Waals surface area (Å²) in [4.78, 5) is 2.56. The van der Waals surface area contributed by atoms with Crippen molar-refractivity contribution in [3.8, 4) is 0 Å². The van der Waals surface area contributed by atoms with Crippen LogP contribution in [-0.4, -0.2) is 61.9 Å². The molecule has 1 atom stereocenters. The lowest BCUT2D eigenvalue weighted by Gasteiger charge is -2.31. The van der Waals surface area contributed by atoms with Crippen molar-refractivity contribution in [3.05, 3.63) is 0 Å². The lowest BCUT2D eigenvalue weighted by Crippen LogP contribution is -2.50. The lowest BCUT2D eigenvalue weighted by atomic mass is 10.1. The van der Waals surface area contributed by atoms with Crippen molar-refractivity contribution in [1.82, 2.24) is 15.3 Å². The van der Waals surface area contributed by atoms with Crippen LogP contribution >= 0.6 is 0 Å². The Bertz CT molecular complexity index is 195. The molecule has 1 N–H and O–H groups in total. The maximum Gasteiger partial charge on any atom is 0.0608 e. The van der Waals surface area contributed by atoms with E-state index in [-0.39, 0.29) is 0 Å². The molecule has 1 unspecified atom stereocenters. The number of nitrogens with one attached hydrogen (secondary N) is 1. The topological polar surface area (TPSA) is 27.7 Å². The quantitative estimate of drug-likeness (QED) is 0.768. The highest BCUT2D eigenvalue weighted by Gasteiger charge is 2.19. The van der Waals surface area contributed by atoms with E-state index >= 15 is 0 Å². The first-order valence-electron chi connectivity index (χ1n) is 6.69. The van der Waals surface area contributed by atoms with E-state index in [0.717, 1.165) is 26.3 Å². The second-order valence-electron chi connectivity index (χ2n) is 4.79. The van der Waals surface area contributed by atoms with Gasteiger partial charge in [-0.25, -0.2) is 5.01 Å². The number of rotatable bonds is 3. The van der Waals surface area contributed by atoms with Crippen molar-refractivity contribution >= 4 is 0 Å². The summed E-state index contributed by atoms with van der Waals surface area (Å²) in [6, 6.07) is 0.676. The molecule has 4 heteroatoms. The van der Waals surface area contributed by atoms with Gasteiger partial charge in [0.1, 0.15) is 0 Å². The van der Waals surface area contributed by atoms with Crippen LogP contribution < -0.4 is 5.43 Å². The molecule has 16 heavy (non-hydrogen) atoms. The van der Waals surface area contributed by atoms with Gasteiger partial charge in [-0.05, 0) is 38.9 Å². The molecule has 2 rings (SSSR count). The molecule has 0 aromatic carbocycles. The van der Waals surface area contributed by atoms with Crippen LogP contribution in [0.2, 0.25) is 0 Å². The minimum Gasteiger partial charge on any atom is -0.379 e. The van der Waals surface area contributed by atoms with Gasteiger partial charge in [0.25, 0.3) is 0 Å². The van der Waals surface area contributed by atoms with Gasteiger partial charge in [0.05, 0.1) is 13.2 Å². The molecule has 2 aliphatic rings. The molecule has 0 bridgehead atoms. The van der Waals surface area contributed by atoms with Gasteiger partial charge in [-0.2, -0.15) is 0 Å². The maximum atomic E-state index is 5.36. The van der Waals surface area contributed by atoms with E-state index in [2.05, 4.69) is 22.3 Å². The van der Waals surface area contributed by atoms with Crippen molar-refractivity contribution in [2.45, 2.75) is 32.2 Å². The summed E-state index contributed by atoms with van der Waals surface area (Å²) in [5, 5.41) is 2.34. The number of hydrogen-bond donors (Lipinski definition) is 1. The van der Waals surface area contributed by atoms with Crippen LogP contribution in [0.1, 0.15) is 26.2 Å².